The summed E-state index contributed by atoms with van der Waals surface area (Å²) in [5.74, 6) is -0.682. The fourth-order valence-corrected chi connectivity index (χ4v) is 1.01. The Morgan fingerprint density at radius 2 is 1.82 bits per heavy atom. The Hall–Kier alpha value is -0.530. The van der Waals surface area contributed by atoms with Crippen LogP contribution in [0.3, 0.4) is 0 Å². The highest BCUT2D eigenvalue weighted by molar-refractivity contribution is 5.66. The first-order valence-electron chi connectivity index (χ1n) is 4.26. The molecule has 0 unspecified atom stereocenters. The molecule has 66 valence electrons. The number of carboxylic acids is 1. The molecular weight excluding hydrogens is 140 g/mol. The van der Waals surface area contributed by atoms with E-state index in [1.807, 2.05) is 0 Å². The Morgan fingerprint density at radius 3 is 2.09 bits per heavy atom. The second kappa shape index (κ2) is 4.37. The first-order chi connectivity index (χ1) is 5.04. The minimum atomic E-state index is -0.682. The van der Waals surface area contributed by atoms with Crippen LogP contribution in [0.1, 0.15) is 46.5 Å². The topological polar surface area (TPSA) is 37.3 Å². The number of carboxylic acid groups (broad SMARTS) is 1. The third kappa shape index (κ3) is 4.02. The Balaban J connectivity index is 3.78. The standard InChI is InChI=1S/C9H18O2/c1-4-9(3,5-2)7-6-8(10)11/h4-7H2,1-3H3,(H,10,11). The average molecular weight is 158 g/mol. The maximum atomic E-state index is 10.3. The van der Waals surface area contributed by atoms with Crippen LogP contribution in [0.25, 0.3) is 0 Å². The van der Waals surface area contributed by atoms with Gasteiger partial charge in [0.05, 0.1) is 0 Å². The van der Waals surface area contributed by atoms with Gasteiger partial charge in [0.25, 0.3) is 0 Å². The highest BCUT2D eigenvalue weighted by Gasteiger charge is 2.20. The Labute approximate surface area is 68.6 Å². The molecule has 2 nitrogen and oxygen atoms in total. The summed E-state index contributed by atoms with van der Waals surface area (Å²) >= 11 is 0. The molecular formula is C9H18O2. The predicted molar refractivity (Wildman–Crippen MR) is 45.6 cm³/mol. The van der Waals surface area contributed by atoms with Crippen molar-refractivity contribution in [3.8, 4) is 0 Å². The summed E-state index contributed by atoms with van der Waals surface area (Å²) < 4.78 is 0. The second-order valence-electron chi connectivity index (χ2n) is 3.41. The molecule has 0 bridgehead atoms. The van der Waals surface area contributed by atoms with E-state index in [0.29, 0.717) is 6.42 Å². The van der Waals surface area contributed by atoms with E-state index in [1.54, 1.807) is 0 Å². The first-order valence-corrected chi connectivity index (χ1v) is 4.26. The molecule has 0 heterocycles. The third-order valence-corrected chi connectivity index (χ3v) is 2.65. The van der Waals surface area contributed by atoms with Gasteiger partial charge in [0.1, 0.15) is 0 Å². The maximum Gasteiger partial charge on any atom is 0.303 e. The van der Waals surface area contributed by atoms with E-state index >= 15 is 0 Å². The lowest BCUT2D eigenvalue weighted by Crippen LogP contribution is -2.15. The molecule has 0 rings (SSSR count). The van der Waals surface area contributed by atoms with Gasteiger partial charge in [0.15, 0.2) is 0 Å². The zero-order valence-electron chi connectivity index (χ0n) is 7.68. The molecule has 0 aromatic carbocycles. The normalized spacial score (nSPS) is 11.5. The number of aliphatic carboxylic acids is 1. The summed E-state index contributed by atoms with van der Waals surface area (Å²) in [7, 11) is 0. The fraction of sp³-hybridized carbons (Fsp3) is 0.889. The zero-order chi connectivity index (χ0) is 8.91. The van der Waals surface area contributed by atoms with E-state index in [1.165, 1.54) is 0 Å². The monoisotopic (exact) mass is 158 g/mol. The molecule has 11 heavy (non-hydrogen) atoms. The predicted octanol–water partition coefficient (Wildman–Crippen LogP) is 2.68. The molecule has 0 saturated carbocycles. The van der Waals surface area contributed by atoms with Crippen molar-refractivity contribution in [2.24, 2.45) is 5.41 Å². The second-order valence-corrected chi connectivity index (χ2v) is 3.41. The first kappa shape index (κ1) is 10.5. The van der Waals surface area contributed by atoms with Gasteiger partial charge in [-0.15, -0.1) is 0 Å². The highest BCUT2D eigenvalue weighted by Crippen LogP contribution is 2.30. The van der Waals surface area contributed by atoms with Crippen molar-refractivity contribution in [1.29, 1.82) is 0 Å². The summed E-state index contributed by atoms with van der Waals surface area (Å²) in [6.07, 6.45) is 3.24. The molecule has 2 heteroatoms. The molecule has 0 amide bonds. The number of rotatable bonds is 5. The summed E-state index contributed by atoms with van der Waals surface area (Å²) in [6.45, 7) is 6.38. The Bertz CT molecular complexity index is 126. The van der Waals surface area contributed by atoms with Crippen molar-refractivity contribution in [2.45, 2.75) is 46.5 Å². The molecule has 0 aliphatic carbocycles. The van der Waals surface area contributed by atoms with E-state index in [2.05, 4.69) is 20.8 Å². The van der Waals surface area contributed by atoms with Gasteiger partial charge in [-0.25, -0.2) is 0 Å². The van der Waals surface area contributed by atoms with Gasteiger partial charge in [-0.3, -0.25) is 4.79 Å². The third-order valence-electron chi connectivity index (χ3n) is 2.65. The number of carbonyl (C=O) groups is 1. The highest BCUT2D eigenvalue weighted by atomic mass is 16.4. The van der Waals surface area contributed by atoms with Gasteiger partial charge in [0, 0.05) is 6.42 Å². The smallest absolute Gasteiger partial charge is 0.303 e. The van der Waals surface area contributed by atoms with E-state index in [4.69, 9.17) is 5.11 Å². The average Bonchev–Trinajstić information content (AvgIpc) is 2.00. The van der Waals surface area contributed by atoms with E-state index in [0.717, 1.165) is 19.3 Å². The SMILES string of the molecule is CCC(C)(CC)CCC(=O)O. The van der Waals surface area contributed by atoms with Crippen LogP contribution in [0.4, 0.5) is 0 Å². The van der Waals surface area contributed by atoms with Crippen molar-refractivity contribution >= 4 is 5.97 Å². The molecule has 0 aliphatic rings. The van der Waals surface area contributed by atoms with Crippen LogP contribution in [-0.4, -0.2) is 11.1 Å². The van der Waals surface area contributed by atoms with Gasteiger partial charge < -0.3 is 5.11 Å². The van der Waals surface area contributed by atoms with E-state index < -0.39 is 5.97 Å². The van der Waals surface area contributed by atoms with Crippen molar-refractivity contribution < 1.29 is 9.90 Å². The van der Waals surface area contributed by atoms with E-state index in [-0.39, 0.29) is 5.41 Å². The molecule has 0 aliphatic heterocycles. The van der Waals surface area contributed by atoms with Crippen LogP contribution >= 0.6 is 0 Å². The molecule has 0 radical (unpaired) electrons. The van der Waals surface area contributed by atoms with Crippen LogP contribution in [0, 0.1) is 5.41 Å². The summed E-state index contributed by atoms with van der Waals surface area (Å²) in [5, 5.41) is 8.47. The molecule has 0 spiro atoms. The van der Waals surface area contributed by atoms with Gasteiger partial charge in [-0.1, -0.05) is 33.6 Å². The Morgan fingerprint density at radius 1 is 1.36 bits per heavy atom. The maximum absolute atomic E-state index is 10.3. The minimum Gasteiger partial charge on any atom is -0.481 e. The summed E-state index contributed by atoms with van der Waals surface area (Å²) in [6, 6.07) is 0. The Kier molecular flexibility index (Phi) is 4.16. The lowest BCUT2D eigenvalue weighted by molar-refractivity contribution is -0.137. The summed E-state index contributed by atoms with van der Waals surface area (Å²) in [4.78, 5) is 10.3. The van der Waals surface area contributed by atoms with Crippen LogP contribution in [-0.2, 0) is 4.79 Å². The quantitative estimate of drug-likeness (QED) is 0.668. The van der Waals surface area contributed by atoms with Crippen molar-refractivity contribution in [3.05, 3.63) is 0 Å². The van der Waals surface area contributed by atoms with Gasteiger partial charge >= 0.3 is 5.97 Å². The van der Waals surface area contributed by atoms with Crippen LogP contribution < -0.4 is 0 Å². The van der Waals surface area contributed by atoms with E-state index in [9.17, 15) is 4.79 Å². The zero-order valence-corrected chi connectivity index (χ0v) is 7.68. The number of hydrogen-bond acceptors (Lipinski definition) is 1. The van der Waals surface area contributed by atoms with Gasteiger partial charge in [0.2, 0.25) is 0 Å². The minimum absolute atomic E-state index is 0.235. The van der Waals surface area contributed by atoms with Crippen molar-refractivity contribution in [1.82, 2.24) is 0 Å². The van der Waals surface area contributed by atoms with Gasteiger partial charge in [-0.2, -0.15) is 0 Å². The summed E-state index contributed by atoms with van der Waals surface area (Å²) in [5.41, 5.74) is 0.235. The lowest BCUT2D eigenvalue weighted by Gasteiger charge is -2.25. The van der Waals surface area contributed by atoms with Crippen molar-refractivity contribution in [2.75, 3.05) is 0 Å². The van der Waals surface area contributed by atoms with Crippen LogP contribution in [0.2, 0.25) is 0 Å². The van der Waals surface area contributed by atoms with Crippen molar-refractivity contribution in [3.63, 3.8) is 0 Å². The largest absolute Gasteiger partial charge is 0.481 e. The lowest BCUT2D eigenvalue weighted by atomic mass is 9.80. The molecule has 1 N–H and O–H groups in total. The van der Waals surface area contributed by atoms with Crippen LogP contribution in [0.15, 0.2) is 0 Å². The van der Waals surface area contributed by atoms with Gasteiger partial charge in [-0.05, 0) is 11.8 Å². The number of hydrogen-bond donors (Lipinski definition) is 1. The fourth-order valence-electron chi connectivity index (χ4n) is 1.01. The molecule has 0 fully saturated rings. The molecule has 0 aromatic rings. The molecule has 0 aromatic heterocycles. The molecule has 0 saturated heterocycles. The molecule has 0 atom stereocenters. The van der Waals surface area contributed by atoms with Crippen LogP contribution in [0.5, 0.6) is 0 Å².